The molecule has 3 aromatic rings. The largest absolute Gasteiger partial charge is 0.396 e. The van der Waals surface area contributed by atoms with Gasteiger partial charge in [-0.15, -0.1) is 11.3 Å². The van der Waals surface area contributed by atoms with E-state index in [4.69, 9.17) is 10.7 Å². The van der Waals surface area contributed by atoms with Gasteiger partial charge in [0.05, 0.1) is 22.2 Å². The Hall–Kier alpha value is -1.86. The van der Waals surface area contributed by atoms with Crippen LogP contribution in [0.25, 0.3) is 21.5 Å². The molecule has 5 rings (SSSR count). The average Bonchev–Trinajstić information content (AvgIpc) is 2.89. The molecule has 3 aromatic heterocycles. The number of nitrogen functional groups attached to an aromatic ring is 1. The van der Waals surface area contributed by atoms with Crippen LogP contribution in [0.2, 0.25) is 0 Å². The number of hydrogen-bond acceptors (Lipinski definition) is 6. The summed E-state index contributed by atoms with van der Waals surface area (Å²) in [5, 5.41) is 1.29. The van der Waals surface area contributed by atoms with Crippen LogP contribution in [0.3, 0.4) is 0 Å². The van der Waals surface area contributed by atoms with Gasteiger partial charge in [-0.25, -0.2) is 15.0 Å². The Balaban J connectivity index is 1.69. The maximum atomic E-state index is 12.9. The summed E-state index contributed by atoms with van der Waals surface area (Å²) in [4.78, 5) is 14.0. The fourth-order valence-electron chi connectivity index (χ4n) is 3.64. The molecule has 0 saturated heterocycles. The second kappa shape index (κ2) is 6.39. The number of hydrogen-bond donors (Lipinski definition) is 1. The molecule has 0 spiro atoms. The van der Waals surface area contributed by atoms with E-state index in [0.29, 0.717) is 11.6 Å². The van der Waals surface area contributed by atoms with Gasteiger partial charge in [0.2, 0.25) is 0 Å². The zero-order chi connectivity index (χ0) is 17.7. The van der Waals surface area contributed by atoms with Crippen molar-refractivity contribution < 1.29 is 4.21 Å². The first-order chi connectivity index (χ1) is 12.7. The Morgan fingerprint density at radius 2 is 1.85 bits per heavy atom. The highest BCUT2D eigenvalue weighted by atomic mass is 32.2. The zero-order valence-corrected chi connectivity index (χ0v) is 16.0. The molecular formula is C19H20N4OS2. The van der Waals surface area contributed by atoms with Crippen LogP contribution in [0, 0.1) is 0 Å². The van der Waals surface area contributed by atoms with Crippen LogP contribution in [0.15, 0.2) is 29.0 Å². The molecule has 0 amide bonds. The van der Waals surface area contributed by atoms with Gasteiger partial charge < -0.3 is 5.73 Å². The van der Waals surface area contributed by atoms with Crippen molar-refractivity contribution in [1.82, 2.24) is 15.0 Å². The Morgan fingerprint density at radius 3 is 2.46 bits per heavy atom. The number of thiophene rings is 1. The molecule has 0 radical (unpaired) electrons. The predicted molar refractivity (Wildman–Crippen MR) is 106 cm³/mol. The van der Waals surface area contributed by atoms with E-state index >= 15 is 0 Å². The van der Waals surface area contributed by atoms with Crippen molar-refractivity contribution in [2.24, 2.45) is 0 Å². The molecule has 26 heavy (non-hydrogen) atoms. The van der Waals surface area contributed by atoms with Crippen molar-refractivity contribution in [2.75, 3.05) is 5.73 Å². The summed E-state index contributed by atoms with van der Waals surface area (Å²) in [6.45, 7) is 0. The van der Waals surface area contributed by atoms with Crippen molar-refractivity contribution in [3.63, 3.8) is 0 Å². The van der Waals surface area contributed by atoms with Crippen molar-refractivity contribution in [3.8, 4) is 11.3 Å². The second-order valence-electron chi connectivity index (χ2n) is 7.19. The van der Waals surface area contributed by atoms with Gasteiger partial charge in [0.15, 0.2) is 0 Å². The van der Waals surface area contributed by atoms with Gasteiger partial charge in [0.25, 0.3) is 0 Å². The SMILES string of the molecule is Nc1c(S(=O)C2CCC2)sc2nc(-c3cncnc3)cc(C3CCC3)c12. The minimum Gasteiger partial charge on any atom is -0.396 e. The number of nitrogens with two attached hydrogens (primary N) is 1. The van der Waals surface area contributed by atoms with Crippen LogP contribution < -0.4 is 5.73 Å². The molecule has 0 bridgehead atoms. The lowest BCUT2D eigenvalue weighted by atomic mass is 9.79. The first kappa shape index (κ1) is 16.3. The first-order valence-electron chi connectivity index (χ1n) is 9.11. The Bertz CT molecular complexity index is 994. The number of fused-ring (bicyclic) bond motifs is 1. The summed E-state index contributed by atoms with van der Waals surface area (Å²) in [5.74, 6) is 0.519. The van der Waals surface area contributed by atoms with E-state index in [1.165, 1.54) is 48.9 Å². The van der Waals surface area contributed by atoms with Gasteiger partial charge in [-0.2, -0.15) is 0 Å². The highest BCUT2D eigenvalue weighted by Crippen LogP contribution is 2.47. The van der Waals surface area contributed by atoms with E-state index in [0.717, 1.165) is 38.5 Å². The molecule has 134 valence electrons. The van der Waals surface area contributed by atoms with Gasteiger partial charge in [0.1, 0.15) is 15.4 Å². The van der Waals surface area contributed by atoms with Crippen molar-refractivity contribution in [2.45, 2.75) is 53.9 Å². The minimum absolute atomic E-state index is 0.263. The Labute approximate surface area is 158 Å². The lowest BCUT2D eigenvalue weighted by Crippen LogP contribution is -2.23. The number of aromatic nitrogens is 3. The number of pyridine rings is 1. The van der Waals surface area contributed by atoms with E-state index in [2.05, 4.69) is 16.0 Å². The molecule has 7 heteroatoms. The molecular weight excluding hydrogens is 364 g/mol. The third kappa shape index (κ3) is 2.56. The van der Waals surface area contributed by atoms with Crippen LogP contribution in [0.1, 0.15) is 50.0 Å². The predicted octanol–water partition coefficient (Wildman–Crippen LogP) is 4.26. The molecule has 2 aliphatic carbocycles. The van der Waals surface area contributed by atoms with Crippen molar-refractivity contribution >= 4 is 38.0 Å². The lowest BCUT2D eigenvalue weighted by molar-refractivity contribution is 0.422. The summed E-state index contributed by atoms with van der Waals surface area (Å²) in [6, 6.07) is 2.14. The third-order valence-corrected chi connectivity index (χ3v) is 8.93. The number of rotatable bonds is 4. The minimum atomic E-state index is -1.01. The molecule has 2 N–H and O–H groups in total. The first-order valence-corrected chi connectivity index (χ1v) is 11.1. The monoisotopic (exact) mass is 384 g/mol. The van der Waals surface area contributed by atoms with E-state index in [9.17, 15) is 4.21 Å². The van der Waals surface area contributed by atoms with Crippen LogP contribution in [0.4, 0.5) is 5.69 Å². The van der Waals surface area contributed by atoms with Gasteiger partial charge >= 0.3 is 0 Å². The third-order valence-electron chi connectivity index (χ3n) is 5.63. The maximum absolute atomic E-state index is 12.9. The quantitative estimate of drug-likeness (QED) is 0.727. The van der Waals surface area contributed by atoms with Crippen LogP contribution in [0.5, 0.6) is 0 Å². The van der Waals surface area contributed by atoms with Gasteiger partial charge in [0, 0.05) is 28.6 Å². The summed E-state index contributed by atoms with van der Waals surface area (Å²) in [5.41, 5.74) is 10.2. The molecule has 0 aliphatic heterocycles. The fourth-order valence-corrected chi connectivity index (χ4v) is 6.85. The summed E-state index contributed by atoms with van der Waals surface area (Å²) >= 11 is 1.51. The van der Waals surface area contributed by atoms with E-state index in [-0.39, 0.29) is 5.25 Å². The summed E-state index contributed by atoms with van der Waals surface area (Å²) in [6.07, 6.45) is 12.0. The second-order valence-corrected chi connectivity index (χ2v) is 10.1. The molecule has 2 saturated carbocycles. The maximum Gasteiger partial charge on any atom is 0.127 e. The number of nitrogens with zero attached hydrogens (tertiary/aromatic N) is 3. The van der Waals surface area contributed by atoms with E-state index in [1.807, 2.05) is 0 Å². The van der Waals surface area contributed by atoms with Gasteiger partial charge in [-0.3, -0.25) is 4.21 Å². The Kier molecular flexibility index (Phi) is 4.01. The molecule has 1 unspecified atom stereocenters. The standard InChI is InChI=1S/C19H20N4OS2/c20-17-16-14(11-3-1-4-11)7-15(12-8-21-10-22-9-12)23-18(16)25-19(17)26(24)13-5-2-6-13/h7-11,13H,1-6,20H2. The van der Waals surface area contributed by atoms with E-state index < -0.39 is 10.8 Å². The highest BCUT2D eigenvalue weighted by molar-refractivity contribution is 7.88. The van der Waals surface area contributed by atoms with Crippen molar-refractivity contribution in [1.29, 1.82) is 0 Å². The van der Waals surface area contributed by atoms with E-state index in [1.54, 1.807) is 12.4 Å². The lowest BCUT2D eigenvalue weighted by Gasteiger charge is -2.27. The molecule has 5 nitrogen and oxygen atoms in total. The van der Waals surface area contributed by atoms with Crippen LogP contribution in [-0.4, -0.2) is 24.4 Å². The molecule has 1 atom stereocenters. The smallest absolute Gasteiger partial charge is 0.127 e. The Morgan fingerprint density at radius 1 is 1.12 bits per heavy atom. The van der Waals surface area contributed by atoms with Gasteiger partial charge in [-0.05, 0) is 43.2 Å². The normalized spacial score (nSPS) is 19.2. The average molecular weight is 385 g/mol. The molecule has 2 fully saturated rings. The summed E-state index contributed by atoms with van der Waals surface area (Å²) in [7, 11) is -1.01. The van der Waals surface area contributed by atoms with Crippen molar-refractivity contribution in [3.05, 3.63) is 30.4 Å². The molecule has 3 heterocycles. The molecule has 2 aliphatic rings. The van der Waals surface area contributed by atoms with Gasteiger partial charge in [-0.1, -0.05) is 12.8 Å². The fraction of sp³-hybridized carbons (Fsp3) is 0.421. The highest BCUT2D eigenvalue weighted by Gasteiger charge is 2.31. The molecule has 0 aromatic carbocycles. The van der Waals surface area contributed by atoms with Crippen LogP contribution in [-0.2, 0) is 10.8 Å². The van der Waals surface area contributed by atoms with Crippen LogP contribution >= 0.6 is 11.3 Å². The zero-order valence-electron chi connectivity index (χ0n) is 14.4. The topological polar surface area (TPSA) is 81.8 Å². The summed E-state index contributed by atoms with van der Waals surface area (Å²) < 4.78 is 13.7. The number of anilines is 1.